The van der Waals surface area contributed by atoms with Crippen LogP contribution in [0.15, 0.2) is 18.2 Å². The fourth-order valence-electron chi connectivity index (χ4n) is 1.51. The predicted octanol–water partition coefficient (Wildman–Crippen LogP) is 1.90. The SMILES string of the molecule is CCOC(=O)CCCNc1cccc(C#N)c1N. The van der Waals surface area contributed by atoms with E-state index in [2.05, 4.69) is 5.32 Å². The van der Waals surface area contributed by atoms with E-state index in [-0.39, 0.29) is 5.97 Å². The summed E-state index contributed by atoms with van der Waals surface area (Å²) < 4.78 is 4.82. The Balaban J connectivity index is 2.41. The third-order valence-corrected chi connectivity index (χ3v) is 2.41. The number of hydrogen-bond donors (Lipinski definition) is 2. The van der Waals surface area contributed by atoms with Crippen LogP contribution >= 0.6 is 0 Å². The quantitative estimate of drug-likeness (QED) is 0.455. The number of esters is 1. The van der Waals surface area contributed by atoms with Crippen molar-refractivity contribution in [3.8, 4) is 6.07 Å². The summed E-state index contributed by atoms with van der Waals surface area (Å²) in [5.74, 6) is -0.196. The Morgan fingerprint density at radius 3 is 3.00 bits per heavy atom. The van der Waals surface area contributed by atoms with Crippen molar-refractivity contribution in [1.82, 2.24) is 0 Å². The highest BCUT2D eigenvalue weighted by Crippen LogP contribution is 2.21. The van der Waals surface area contributed by atoms with E-state index in [9.17, 15) is 4.79 Å². The number of hydrogen-bond acceptors (Lipinski definition) is 5. The molecule has 0 aliphatic carbocycles. The first-order chi connectivity index (χ1) is 8.69. The van der Waals surface area contributed by atoms with Crippen molar-refractivity contribution in [3.63, 3.8) is 0 Å². The smallest absolute Gasteiger partial charge is 0.305 e. The summed E-state index contributed by atoms with van der Waals surface area (Å²) in [5, 5.41) is 11.9. The molecule has 5 heteroatoms. The minimum absolute atomic E-state index is 0.196. The van der Waals surface area contributed by atoms with E-state index in [0.717, 1.165) is 5.69 Å². The number of carbonyl (C=O) groups excluding carboxylic acids is 1. The lowest BCUT2D eigenvalue weighted by molar-refractivity contribution is -0.143. The van der Waals surface area contributed by atoms with E-state index in [1.54, 1.807) is 25.1 Å². The second kappa shape index (κ2) is 7.17. The molecule has 0 fully saturated rings. The molecular weight excluding hydrogens is 230 g/mol. The number of anilines is 2. The summed E-state index contributed by atoms with van der Waals surface area (Å²) in [4.78, 5) is 11.1. The lowest BCUT2D eigenvalue weighted by Gasteiger charge is -2.09. The van der Waals surface area contributed by atoms with Gasteiger partial charge in [0.05, 0.1) is 23.5 Å². The van der Waals surface area contributed by atoms with Gasteiger partial charge in [0, 0.05) is 13.0 Å². The molecule has 3 N–H and O–H groups in total. The van der Waals surface area contributed by atoms with Crippen molar-refractivity contribution >= 4 is 17.3 Å². The van der Waals surface area contributed by atoms with Gasteiger partial charge in [-0.25, -0.2) is 0 Å². The fraction of sp³-hybridized carbons (Fsp3) is 0.385. The van der Waals surface area contributed by atoms with Crippen LogP contribution in [-0.4, -0.2) is 19.1 Å². The van der Waals surface area contributed by atoms with Crippen LogP contribution in [0, 0.1) is 11.3 Å². The van der Waals surface area contributed by atoms with Crippen LogP contribution in [0.25, 0.3) is 0 Å². The lowest BCUT2D eigenvalue weighted by atomic mass is 10.1. The maximum atomic E-state index is 11.1. The number of para-hydroxylation sites is 1. The van der Waals surface area contributed by atoms with Gasteiger partial charge >= 0.3 is 5.97 Å². The van der Waals surface area contributed by atoms with Crippen LogP contribution in [0.2, 0.25) is 0 Å². The molecule has 0 amide bonds. The second-order valence-electron chi connectivity index (χ2n) is 3.71. The van der Waals surface area contributed by atoms with Gasteiger partial charge in [0.2, 0.25) is 0 Å². The lowest BCUT2D eigenvalue weighted by Crippen LogP contribution is -2.09. The van der Waals surface area contributed by atoms with Gasteiger partial charge in [-0.3, -0.25) is 4.79 Å². The molecule has 0 bridgehead atoms. The molecule has 0 spiro atoms. The molecule has 1 aromatic carbocycles. The van der Waals surface area contributed by atoms with E-state index in [4.69, 9.17) is 15.7 Å². The summed E-state index contributed by atoms with van der Waals surface area (Å²) in [7, 11) is 0. The number of rotatable bonds is 6. The van der Waals surface area contributed by atoms with E-state index in [0.29, 0.717) is 37.2 Å². The molecule has 0 aliphatic heterocycles. The van der Waals surface area contributed by atoms with Crippen LogP contribution in [0.3, 0.4) is 0 Å². The highest BCUT2D eigenvalue weighted by molar-refractivity contribution is 5.73. The molecule has 0 radical (unpaired) electrons. The largest absolute Gasteiger partial charge is 0.466 e. The number of nitrogens with one attached hydrogen (secondary N) is 1. The van der Waals surface area contributed by atoms with Crippen molar-refractivity contribution in [3.05, 3.63) is 23.8 Å². The Kier molecular flexibility index (Phi) is 5.52. The molecule has 0 aliphatic rings. The van der Waals surface area contributed by atoms with E-state index in [1.807, 2.05) is 6.07 Å². The van der Waals surface area contributed by atoms with Gasteiger partial charge in [-0.1, -0.05) is 6.07 Å². The van der Waals surface area contributed by atoms with Crippen molar-refractivity contribution in [1.29, 1.82) is 5.26 Å². The van der Waals surface area contributed by atoms with Crippen molar-refractivity contribution in [2.24, 2.45) is 0 Å². The Hall–Kier alpha value is -2.22. The van der Waals surface area contributed by atoms with Gasteiger partial charge in [0.25, 0.3) is 0 Å². The van der Waals surface area contributed by atoms with E-state index >= 15 is 0 Å². The number of ether oxygens (including phenoxy) is 1. The van der Waals surface area contributed by atoms with Gasteiger partial charge in [-0.15, -0.1) is 0 Å². The normalized spacial score (nSPS) is 9.56. The first-order valence-corrected chi connectivity index (χ1v) is 5.87. The van der Waals surface area contributed by atoms with Crippen LogP contribution < -0.4 is 11.1 Å². The molecule has 18 heavy (non-hydrogen) atoms. The topological polar surface area (TPSA) is 88.1 Å². The molecular formula is C13H17N3O2. The first-order valence-electron chi connectivity index (χ1n) is 5.87. The summed E-state index contributed by atoms with van der Waals surface area (Å²) in [5.41, 5.74) is 7.42. The average Bonchev–Trinajstić information content (AvgIpc) is 2.36. The van der Waals surface area contributed by atoms with Crippen LogP contribution in [-0.2, 0) is 9.53 Å². The zero-order valence-electron chi connectivity index (χ0n) is 10.4. The molecule has 0 atom stereocenters. The van der Waals surface area contributed by atoms with Gasteiger partial charge < -0.3 is 15.8 Å². The number of nitrogens with two attached hydrogens (primary N) is 1. The van der Waals surface area contributed by atoms with E-state index in [1.165, 1.54) is 0 Å². The number of nitrogen functional groups attached to an aromatic ring is 1. The molecule has 96 valence electrons. The minimum Gasteiger partial charge on any atom is -0.466 e. The molecule has 0 unspecified atom stereocenters. The summed E-state index contributed by atoms with van der Waals surface area (Å²) in [6.07, 6.45) is 1.04. The molecule has 1 aromatic rings. The number of nitrogens with zero attached hydrogens (tertiary/aromatic N) is 1. The Morgan fingerprint density at radius 2 is 2.33 bits per heavy atom. The maximum Gasteiger partial charge on any atom is 0.305 e. The fourth-order valence-corrected chi connectivity index (χ4v) is 1.51. The number of carbonyl (C=O) groups is 1. The Morgan fingerprint density at radius 1 is 1.56 bits per heavy atom. The first kappa shape index (κ1) is 13.8. The van der Waals surface area contributed by atoms with Crippen LogP contribution in [0.5, 0.6) is 0 Å². The third-order valence-electron chi connectivity index (χ3n) is 2.41. The molecule has 0 saturated heterocycles. The highest BCUT2D eigenvalue weighted by Gasteiger charge is 2.04. The molecule has 1 rings (SSSR count). The molecule has 5 nitrogen and oxygen atoms in total. The monoisotopic (exact) mass is 247 g/mol. The second-order valence-corrected chi connectivity index (χ2v) is 3.71. The molecule has 0 saturated carbocycles. The van der Waals surface area contributed by atoms with Gasteiger partial charge in [-0.05, 0) is 25.5 Å². The number of benzene rings is 1. The van der Waals surface area contributed by atoms with Crippen molar-refractivity contribution < 1.29 is 9.53 Å². The Labute approximate surface area is 107 Å². The molecule has 0 aromatic heterocycles. The van der Waals surface area contributed by atoms with Crippen molar-refractivity contribution in [2.45, 2.75) is 19.8 Å². The third kappa shape index (κ3) is 3.98. The van der Waals surface area contributed by atoms with Gasteiger partial charge in [-0.2, -0.15) is 5.26 Å². The molecule has 0 heterocycles. The average molecular weight is 247 g/mol. The highest BCUT2D eigenvalue weighted by atomic mass is 16.5. The summed E-state index contributed by atoms with van der Waals surface area (Å²) in [6, 6.07) is 7.26. The van der Waals surface area contributed by atoms with Gasteiger partial charge in [0.1, 0.15) is 6.07 Å². The zero-order valence-corrected chi connectivity index (χ0v) is 10.4. The van der Waals surface area contributed by atoms with Crippen LogP contribution in [0.4, 0.5) is 11.4 Å². The number of nitriles is 1. The summed E-state index contributed by atoms with van der Waals surface area (Å²) >= 11 is 0. The Bertz CT molecular complexity index is 452. The van der Waals surface area contributed by atoms with Gasteiger partial charge in [0.15, 0.2) is 0 Å². The van der Waals surface area contributed by atoms with Crippen LogP contribution in [0.1, 0.15) is 25.3 Å². The zero-order chi connectivity index (χ0) is 13.4. The van der Waals surface area contributed by atoms with Crippen molar-refractivity contribution in [2.75, 3.05) is 24.2 Å². The van der Waals surface area contributed by atoms with E-state index < -0.39 is 0 Å². The maximum absolute atomic E-state index is 11.1. The minimum atomic E-state index is -0.196. The summed E-state index contributed by atoms with van der Waals surface area (Å²) in [6.45, 7) is 2.80. The predicted molar refractivity (Wildman–Crippen MR) is 69.9 cm³/mol. The standard InChI is InChI=1S/C13H17N3O2/c1-2-18-12(17)7-4-8-16-11-6-3-5-10(9-14)13(11)15/h3,5-6,16H,2,4,7-8,15H2,1H3.